The number of nitrogens with one attached hydrogen (secondary N) is 1. The maximum Gasteiger partial charge on any atom is 0.134 e. The van der Waals surface area contributed by atoms with Crippen LogP contribution < -0.4 is 5.32 Å². The first-order valence-electron chi connectivity index (χ1n) is 5.83. The van der Waals surface area contributed by atoms with E-state index in [9.17, 15) is 0 Å². The van der Waals surface area contributed by atoms with Crippen LogP contribution in [0.3, 0.4) is 0 Å². The number of halogens is 1. The molecule has 0 atom stereocenters. The van der Waals surface area contributed by atoms with Crippen molar-refractivity contribution >= 4 is 38.3 Å². The van der Waals surface area contributed by atoms with Crippen LogP contribution in [-0.2, 0) is 0 Å². The van der Waals surface area contributed by atoms with Gasteiger partial charge in [0.15, 0.2) is 0 Å². The van der Waals surface area contributed by atoms with Crippen LogP contribution in [0.1, 0.15) is 5.69 Å². The second-order valence-corrected chi connectivity index (χ2v) is 4.99. The van der Waals surface area contributed by atoms with Crippen molar-refractivity contribution in [1.29, 1.82) is 0 Å². The molecule has 2 heterocycles. The molecular weight excluding hydrogens is 304 g/mol. The van der Waals surface area contributed by atoms with Crippen LogP contribution in [0, 0.1) is 6.92 Å². The van der Waals surface area contributed by atoms with Crippen molar-refractivity contribution in [2.75, 3.05) is 5.32 Å². The first kappa shape index (κ1) is 12.0. The molecule has 5 heteroatoms. The van der Waals surface area contributed by atoms with Crippen molar-refractivity contribution < 1.29 is 0 Å². The Labute approximate surface area is 119 Å². The van der Waals surface area contributed by atoms with Gasteiger partial charge in [0, 0.05) is 17.1 Å². The van der Waals surface area contributed by atoms with E-state index in [-0.39, 0.29) is 0 Å². The molecule has 0 fully saturated rings. The fourth-order valence-corrected chi connectivity index (χ4v) is 2.19. The highest BCUT2D eigenvalue weighted by Gasteiger charge is 2.04. The van der Waals surface area contributed by atoms with Crippen LogP contribution in [0.2, 0.25) is 0 Å². The highest BCUT2D eigenvalue weighted by Crippen LogP contribution is 2.24. The van der Waals surface area contributed by atoms with Crippen molar-refractivity contribution in [1.82, 2.24) is 15.0 Å². The zero-order valence-electron chi connectivity index (χ0n) is 10.3. The topological polar surface area (TPSA) is 50.7 Å². The van der Waals surface area contributed by atoms with Gasteiger partial charge in [-0.05, 0) is 35.0 Å². The van der Waals surface area contributed by atoms with Crippen molar-refractivity contribution in [2.24, 2.45) is 0 Å². The lowest BCUT2D eigenvalue weighted by molar-refractivity contribution is 1.14. The van der Waals surface area contributed by atoms with Gasteiger partial charge in [-0.1, -0.05) is 18.2 Å². The van der Waals surface area contributed by atoms with E-state index in [2.05, 4.69) is 42.3 Å². The number of fused-ring (bicyclic) bond motifs is 1. The number of rotatable bonds is 2. The smallest absolute Gasteiger partial charge is 0.134 e. The van der Waals surface area contributed by atoms with Crippen molar-refractivity contribution in [3.05, 3.63) is 53.0 Å². The summed E-state index contributed by atoms with van der Waals surface area (Å²) in [6, 6.07) is 11.9. The monoisotopic (exact) mass is 314 g/mol. The number of aromatic nitrogens is 3. The van der Waals surface area contributed by atoms with Gasteiger partial charge in [-0.3, -0.25) is 4.98 Å². The normalized spacial score (nSPS) is 10.6. The van der Waals surface area contributed by atoms with Gasteiger partial charge in [0.2, 0.25) is 0 Å². The molecule has 1 N–H and O–H groups in total. The number of aryl methyl sites for hydroxylation is 1. The zero-order chi connectivity index (χ0) is 13.2. The number of benzene rings is 1. The SMILES string of the molecule is Cc1ccc2cccc(Nc3cc(Br)ncn3)c2n1. The molecule has 0 bridgehead atoms. The third-order valence-electron chi connectivity index (χ3n) is 2.76. The Hall–Kier alpha value is -2.01. The second-order valence-electron chi connectivity index (χ2n) is 4.18. The highest BCUT2D eigenvalue weighted by atomic mass is 79.9. The molecule has 0 aliphatic carbocycles. The van der Waals surface area contributed by atoms with Crippen molar-refractivity contribution in [2.45, 2.75) is 6.92 Å². The third-order valence-corrected chi connectivity index (χ3v) is 3.19. The van der Waals surface area contributed by atoms with Crippen molar-refractivity contribution in [3.8, 4) is 0 Å². The Morgan fingerprint density at radius 3 is 2.84 bits per heavy atom. The Morgan fingerprint density at radius 1 is 1.11 bits per heavy atom. The summed E-state index contributed by atoms with van der Waals surface area (Å²) in [4.78, 5) is 12.8. The molecule has 2 aromatic heterocycles. The van der Waals surface area contributed by atoms with E-state index >= 15 is 0 Å². The summed E-state index contributed by atoms with van der Waals surface area (Å²) < 4.78 is 0.745. The summed E-state index contributed by atoms with van der Waals surface area (Å²) in [5.41, 5.74) is 2.87. The molecule has 0 spiro atoms. The Kier molecular flexibility index (Phi) is 3.13. The summed E-state index contributed by atoms with van der Waals surface area (Å²) >= 11 is 3.33. The second kappa shape index (κ2) is 4.93. The van der Waals surface area contributed by atoms with Gasteiger partial charge in [-0.2, -0.15) is 0 Å². The zero-order valence-corrected chi connectivity index (χ0v) is 11.8. The Balaban J connectivity index is 2.07. The Bertz CT molecular complexity index is 742. The lowest BCUT2D eigenvalue weighted by atomic mass is 10.1. The van der Waals surface area contributed by atoms with Crippen molar-refractivity contribution in [3.63, 3.8) is 0 Å². The quantitative estimate of drug-likeness (QED) is 0.730. The van der Waals surface area contributed by atoms with Crippen LogP contribution >= 0.6 is 15.9 Å². The first-order valence-corrected chi connectivity index (χ1v) is 6.62. The van der Waals surface area contributed by atoms with E-state index in [1.807, 2.05) is 37.3 Å². The Morgan fingerprint density at radius 2 is 2.00 bits per heavy atom. The largest absolute Gasteiger partial charge is 0.338 e. The van der Waals surface area contributed by atoms with Gasteiger partial charge in [0.25, 0.3) is 0 Å². The molecule has 19 heavy (non-hydrogen) atoms. The summed E-state index contributed by atoms with van der Waals surface area (Å²) in [7, 11) is 0. The lowest BCUT2D eigenvalue weighted by Crippen LogP contribution is -1.96. The third kappa shape index (κ3) is 2.56. The molecule has 1 aromatic carbocycles. The molecule has 0 radical (unpaired) electrons. The van der Waals surface area contributed by atoms with Crippen LogP contribution in [0.25, 0.3) is 10.9 Å². The van der Waals surface area contributed by atoms with Gasteiger partial charge in [0.05, 0.1) is 11.2 Å². The lowest BCUT2D eigenvalue weighted by Gasteiger charge is -2.08. The van der Waals surface area contributed by atoms with E-state index in [1.54, 1.807) is 0 Å². The predicted molar refractivity (Wildman–Crippen MR) is 79.5 cm³/mol. The summed E-state index contributed by atoms with van der Waals surface area (Å²) in [5, 5.41) is 4.37. The fraction of sp³-hybridized carbons (Fsp3) is 0.0714. The van der Waals surface area contributed by atoms with E-state index in [1.165, 1.54) is 6.33 Å². The molecule has 3 rings (SSSR count). The molecule has 0 saturated carbocycles. The molecule has 94 valence electrons. The molecule has 0 amide bonds. The van der Waals surface area contributed by atoms with Crippen LogP contribution in [-0.4, -0.2) is 15.0 Å². The van der Waals surface area contributed by atoms with Gasteiger partial charge < -0.3 is 5.32 Å². The number of hydrogen-bond acceptors (Lipinski definition) is 4. The van der Waals surface area contributed by atoms with Crippen LogP contribution in [0.15, 0.2) is 47.3 Å². The number of nitrogens with zero attached hydrogens (tertiary/aromatic N) is 3. The molecule has 0 aliphatic heterocycles. The predicted octanol–water partition coefficient (Wildman–Crippen LogP) is 3.84. The molecule has 4 nitrogen and oxygen atoms in total. The van der Waals surface area contributed by atoms with E-state index in [4.69, 9.17) is 0 Å². The number of para-hydroxylation sites is 1. The summed E-state index contributed by atoms with van der Waals surface area (Å²) in [6.45, 7) is 1.98. The first-order chi connectivity index (χ1) is 9.22. The van der Waals surface area contributed by atoms with Crippen LogP contribution in [0.4, 0.5) is 11.5 Å². The minimum atomic E-state index is 0.734. The molecule has 0 saturated heterocycles. The van der Waals surface area contributed by atoms with Gasteiger partial charge >= 0.3 is 0 Å². The van der Waals surface area contributed by atoms with E-state index < -0.39 is 0 Å². The minimum absolute atomic E-state index is 0.734. The molecule has 0 aliphatic rings. The molecule has 3 aromatic rings. The van der Waals surface area contributed by atoms with Gasteiger partial charge in [-0.15, -0.1) is 0 Å². The van der Waals surface area contributed by atoms with Gasteiger partial charge in [-0.25, -0.2) is 9.97 Å². The maximum atomic E-state index is 4.58. The minimum Gasteiger partial charge on any atom is -0.338 e. The maximum absolute atomic E-state index is 4.58. The highest BCUT2D eigenvalue weighted by molar-refractivity contribution is 9.10. The van der Waals surface area contributed by atoms with E-state index in [0.717, 1.165) is 32.7 Å². The fourth-order valence-electron chi connectivity index (χ4n) is 1.89. The molecule has 0 unspecified atom stereocenters. The van der Waals surface area contributed by atoms with E-state index in [0.29, 0.717) is 0 Å². The van der Waals surface area contributed by atoms with Gasteiger partial charge in [0.1, 0.15) is 16.7 Å². The molecular formula is C14H11BrN4. The number of pyridine rings is 1. The summed E-state index contributed by atoms with van der Waals surface area (Å²) in [5.74, 6) is 0.734. The summed E-state index contributed by atoms with van der Waals surface area (Å²) in [6.07, 6.45) is 1.51. The number of anilines is 2. The van der Waals surface area contributed by atoms with Crippen LogP contribution in [0.5, 0.6) is 0 Å². The standard InChI is InChI=1S/C14H11BrN4/c1-9-5-6-10-3-2-4-11(14(10)18-9)19-13-7-12(15)16-8-17-13/h2-8H,1H3,(H,16,17,19). The number of hydrogen-bond donors (Lipinski definition) is 1. The average molecular weight is 315 g/mol. The average Bonchev–Trinajstić information content (AvgIpc) is 2.39.